The van der Waals surface area contributed by atoms with Crippen LogP contribution in [0.4, 0.5) is 4.79 Å². The summed E-state index contributed by atoms with van der Waals surface area (Å²) in [6, 6.07) is 16.9. The van der Waals surface area contributed by atoms with Crippen molar-refractivity contribution in [1.29, 1.82) is 0 Å². The Bertz CT molecular complexity index is 869. The largest absolute Gasteiger partial charge is 0.475 e. The van der Waals surface area contributed by atoms with E-state index in [1.54, 1.807) is 0 Å². The molecule has 0 saturated carbocycles. The Balaban J connectivity index is 1.71. The summed E-state index contributed by atoms with van der Waals surface area (Å²) in [5.74, 6) is 6.27. The SMILES string of the molecule is CNC(=O)N(O)CC#Cc1cccc(C2=NC(c3ccccc3)CO2)c1. The van der Waals surface area contributed by atoms with Gasteiger partial charge < -0.3 is 10.1 Å². The number of amides is 2. The first kappa shape index (κ1) is 17.5. The van der Waals surface area contributed by atoms with Crippen molar-refractivity contribution < 1.29 is 14.7 Å². The first-order chi connectivity index (χ1) is 12.7. The van der Waals surface area contributed by atoms with Crippen LogP contribution in [-0.2, 0) is 4.74 Å². The van der Waals surface area contributed by atoms with E-state index in [1.807, 2.05) is 54.6 Å². The number of carbonyl (C=O) groups excluding carboxylic acids is 1. The third-order valence-corrected chi connectivity index (χ3v) is 3.85. The fourth-order valence-corrected chi connectivity index (χ4v) is 2.53. The molecule has 1 atom stereocenters. The zero-order valence-corrected chi connectivity index (χ0v) is 14.3. The van der Waals surface area contributed by atoms with Gasteiger partial charge in [0.05, 0.1) is 0 Å². The van der Waals surface area contributed by atoms with E-state index < -0.39 is 6.03 Å². The van der Waals surface area contributed by atoms with E-state index in [-0.39, 0.29) is 12.6 Å². The van der Waals surface area contributed by atoms with E-state index in [4.69, 9.17) is 4.74 Å². The summed E-state index contributed by atoms with van der Waals surface area (Å²) in [6.07, 6.45) is 0. The zero-order valence-electron chi connectivity index (χ0n) is 14.3. The van der Waals surface area contributed by atoms with Crippen molar-refractivity contribution in [1.82, 2.24) is 10.4 Å². The number of urea groups is 1. The summed E-state index contributed by atoms with van der Waals surface area (Å²) in [4.78, 5) is 15.9. The molecule has 1 aliphatic heterocycles. The third kappa shape index (κ3) is 4.21. The number of aliphatic imine (C=N–C) groups is 1. The fraction of sp³-hybridized carbons (Fsp3) is 0.200. The van der Waals surface area contributed by atoms with Gasteiger partial charge in [0, 0.05) is 18.2 Å². The lowest BCUT2D eigenvalue weighted by Gasteiger charge is -2.09. The summed E-state index contributed by atoms with van der Waals surface area (Å²) in [6.45, 7) is 0.429. The van der Waals surface area contributed by atoms with E-state index in [1.165, 1.54) is 7.05 Å². The van der Waals surface area contributed by atoms with Gasteiger partial charge in [0.1, 0.15) is 19.2 Å². The van der Waals surface area contributed by atoms with Crippen LogP contribution in [0.3, 0.4) is 0 Å². The highest BCUT2D eigenvalue weighted by Gasteiger charge is 2.21. The van der Waals surface area contributed by atoms with Gasteiger partial charge in [0.15, 0.2) is 0 Å². The Labute approximate surface area is 152 Å². The van der Waals surface area contributed by atoms with Gasteiger partial charge in [-0.2, -0.15) is 5.06 Å². The number of nitrogens with zero attached hydrogens (tertiary/aromatic N) is 2. The van der Waals surface area contributed by atoms with Crippen molar-refractivity contribution in [2.75, 3.05) is 20.2 Å². The predicted octanol–water partition coefficient (Wildman–Crippen LogP) is 2.59. The van der Waals surface area contributed by atoms with Gasteiger partial charge in [-0.1, -0.05) is 48.2 Å². The minimum atomic E-state index is -0.603. The predicted molar refractivity (Wildman–Crippen MR) is 97.9 cm³/mol. The molecular weight excluding hydrogens is 330 g/mol. The molecule has 2 N–H and O–H groups in total. The van der Waals surface area contributed by atoms with Gasteiger partial charge in [0.25, 0.3) is 0 Å². The second kappa shape index (κ2) is 8.19. The third-order valence-electron chi connectivity index (χ3n) is 3.85. The molecule has 0 saturated heterocycles. The highest BCUT2D eigenvalue weighted by atomic mass is 16.5. The minimum absolute atomic E-state index is 0.00329. The molecule has 2 aromatic carbocycles. The van der Waals surface area contributed by atoms with Crippen molar-refractivity contribution in [2.24, 2.45) is 4.99 Å². The molecule has 0 aliphatic carbocycles. The molecule has 0 radical (unpaired) electrons. The molecule has 0 fully saturated rings. The van der Waals surface area contributed by atoms with Gasteiger partial charge >= 0.3 is 6.03 Å². The lowest BCUT2D eigenvalue weighted by molar-refractivity contribution is -0.0301. The first-order valence-electron chi connectivity index (χ1n) is 8.20. The summed E-state index contributed by atoms with van der Waals surface area (Å²) < 4.78 is 5.75. The number of hydroxylamine groups is 2. The van der Waals surface area contributed by atoms with Crippen LogP contribution < -0.4 is 5.32 Å². The maximum atomic E-state index is 11.2. The monoisotopic (exact) mass is 349 g/mol. The standard InChI is InChI=1S/C20H19N3O3/c1-21-20(24)23(25)12-6-8-15-7-5-11-17(13-15)19-22-18(14-26-19)16-9-3-2-4-10-16/h2-5,7,9-11,13,18,25H,12,14H2,1H3,(H,21,24). The number of hydrogen-bond acceptors (Lipinski definition) is 4. The van der Waals surface area contributed by atoms with Crippen LogP contribution in [0.25, 0.3) is 0 Å². The number of carbonyl (C=O) groups is 1. The van der Waals surface area contributed by atoms with Crippen LogP contribution in [0, 0.1) is 11.8 Å². The molecule has 6 nitrogen and oxygen atoms in total. The highest BCUT2D eigenvalue weighted by molar-refractivity contribution is 5.95. The Morgan fingerprint density at radius 2 is 2.12 bits per heavy atom. The number of rotatable bonds is 3. The van der Waals surface area contributed by atoms with E-state index in [2.05, 4.69) is 22.2 Å². The summed E-state index contributed by atoms with van der Waals surface area (Å²) >= 11 is 0. The first-order valence-corrected chi connectivity index (χ1v) is 8.20. The normalized spacial score (nSPS) is 15.3. The fourth-order valence-electron chi connectivity index (χ4n) is 2.53. The van der Waals surface area contributed by atoms with Crippen molar-refractivity contribution in [3.8, 4) is 11.8 Å². The van der Waals surface area contributed by atoms with Crippen molar-refractivity contribution in [3.05, 3.63) is 71.3 Å². The average Bonchev–Trinajstić information content (AvgIpc) is 3.18. The Morgan fingerprint density at radius 3 is 2.88 bits per heavy atom. The molecule has 1 aliphatic rings. The zero-order chi connectivity index (χ0) is 18.4. The Kier molecular flexibility index (Phi) is 5.52. The van der Waals surface area contributed by atoms with Crippen molar-refractivity contribution >= 4 is 11.9 Å². The van der Waals surface area contributed by atoms with Gasteiger partial charge in [-0.3, -0.25) is 5.21 Å². The minimum Gasteiger partial charge on any atom is -0.475 e. The van der Waals surface area contributed by atoms with Gasteiger partial charge in [-0.25, -0.2) is 9.79 Å². The van der Waals surface area contributed by atoms with Crippen molar-refractivity contribution in [3.63, 3.8) is 0 Å². The molecule has 2 amide bonds. The second-order valence-electron chi connectivity index (χ2n) is 5.67. The van der Waals surface area contributed by atoms with Crippen LogP contribution >= 0.6 is 0 Å². The topological polar surface area (TPSA) is 74.2 Å². The molecule has 2 aromatic rings. The van der Waals surface area contributed by atoms with E-state index in [0.717, 1.165) is 16.7 Å². The van der Waals surface area contributed by atoms with Crippen LogP contribution in [0.2, 0.25) is 0 Å². The van der Waals surface area contributed by atoms with E-state index in [0.29, 0.717) is 17.6 Å². The molecule has 6 heteroatoms. The molecule has 0 bridgehead atoms. The second-order valence-corrected chi connectivity index (χ2v) is 5.67. The van der Waals surface area contributed by atoms with Crippen molar-refractivity contribution in [2.45, 2.75) is 6.04 Å². The number of nitrogens with one attached hydrogen (secondary N) is 1. The molecule has 1 unspecified atom stereocenters. The molecule has 0 aromatic heterocycles. The Hall–Kier alpha value is -3.30. The lowest BCUT2D eigenvalue weighted by atomic mass is 10.1. The van der Waals surface area contributed by atoms with Crippen LogP contribution in [-0.4, -0.2) is 42.4 Å². The molecule has 0 spiro atoms. The number of ether oxygens (including phenoxy) is 1. The van der Waals surface area contributed by atoms with E-state index in [9.17, 15) is 10.0 Å². The lowest BCUT2D eigenvalue weighted by Crippen LogP contribution is -2.35. The summed E-state index contributed by atoms with van der Waals surface area (Å²) in [5, 5.41) is 12.3. The summed E-state index contributed by atoms with van der Waals surface area (Å²) in [5.41, 5.74) is 2.72. The molecule has 1 heterocycles. The smallest absolute Gasteiger partial charge is 0.341 e. The van der Waals surface area contributed by atoms with Crippen LogP contribution in [0.1, 0.15) is 22.7 Å². The average molecular weight is 349 g/mol. The molecule has 3 rings (SSSR count). The van der Waals surface area contributed by atoms with Crippen LogP contribution in [0.15, 0.2) is 59.6 Å². The summed E-state index contributed by atoms with van der Waals surface area (Å²) in [7, 11) is 1.44. The highest BCUT2D eigenvalue weighted by Crippen LogP contribution is 2.25. The Morgan fingerprint density at radius 1 is 1.31 bits per heavy atom. The van der Waals surface area contributed by atoms with E-state index >= 15 is 0 Å². The van der Waals surface area contributed by atoms with Gasteiger partial charge in [-0.05, 0) is 23.8 Å². The molecular formula is C20H19N3O3. The van der Waals surface area contributed by atoms with Gasteiger partial charge in [0.2, 0.25) is 5.90 Å². The number of benzene rings is 2. The number of hydrogen-bond donors (Lipinski definition) is 2. The maximum Gasteiger partial charge on any atom is 0.341 e. The molecule has 26 heavy (non-hydrogen) atoms. The van der Waals surface area contributed by atoms with Crippen LogP contribution in [0.5, 0.6) is 0 Å². The molecule has 132 valence electrons. The van der Waals surface area contributed by atoms with Gasteiger partial charge in [-0.15, -0.1) is 0 Å². The quantitative estimate of drug-likeness (QED) is 0.508. The maximum absolute atomic E-state index is 11.2.